The Morgan fingerprint density at radius 3 is 2.77 bits per heavy atom. The summed E-state index contributed by atoms with van der Waals surface area (Å²) in [6, 6.07) is 11.3. The van der Waals surface area contributed by atoms with Gasteiger partial charge >= 0.3 is 0 Å². The van der Waals surface area contributed by atoms with E-state index in [1.807, 2.05) is 18.3 Å². The van der Waals surface area contributed by atoms with E-state index in [0.29, 0.717) is 18.1 Å². The molecule has 5 rings (SSSR count). The number of H-pyrrole nitrogens is 1. The number of hydrogen-bond donors (Lipinski definition) is 1. The molecule has 0 radical (unpaired) electrons. The van der Waals surface area contributed by atoms with Crippen molar-refractivity contribution in [2.24, 2.45) is 0 Å². The molecular weight excluding hydrogens is 410 g/mol. The maximum absolute atomic E-state index is 11.4. The molecule has 1 fully saturated rings. The number of pyridine rings is 3. The van der Waals surface area contributed by atoms with E-state index in [4.69, 9.17) is 4.74 Å². The minimum absolute atomic E-state index is 0.153. The van der Waals surface area contributed by atoms with Crippen LogP contribution in [0, 0.1) is 0 Å². The molecule has 0 saturated carbocycles. The molecule has 31 heavy (non-hydrogen) atoms. The second-order valence-corrected chi connectivity index (χ2v) is 8.68. The first-order valence-corrected chi connectivity index (χ1v) is 11.6. The molecule has 7 nitrogen and oxygen atoms in total. The molecule has 8 heteroatoms. The lowest BCUT2D eigenvalue weighted by atomic mass is 10.2. The van der Waals surface area contributed by atoms with Gasteiger partial charge in [-0.2, -0.15) is 4.98 Å². The summed E-state index contributed by atoms with van der Waals surface area (Å²) in [6.45, 7) is 5.85. The van der Waals surface area contributed by atoms with Crippen LogP contribution in [0.3, 0.4) is 0 Å². The van der Waals surface area contributed by atoms with Gasteiger partial charge in [0.05, 0.1) is 11.3 Å². The van der Waals surface area contributed by atoms with Gasteiger partial charge in [-0.3, -0.25) is 9.69 Å². The number of aromatic amines is 1. The summed E-state index contributed by atoms with van der Waals surface area (Å²) in [5, 5.41) is 4.32. The molecule has 0 amide bonds. The summed E-state index contributed by atoms with van der Waals surface area (Å²) < 4.78 is 7.08. The molecule has 0 unspecified atom stereocenters. The Morgan fingerprint density at radius 2 is 1.87 bits per heavy atom. The van der Waals surface area contributed by atoms with Crippen molar-refractivity contribution in [2.75, 3.05) is 44.2 Å². The minimum atomic E-state index is -0.153. The van der Waals surface area contributed by atoms with Crippen LogP contribution in [0.15, 0.2) is 52.8 Å². The van der Waals surface area contributed by atoms with E-state index in [1.54, 1.807) is 17.4 Å². The van der Waals surface area contributed by atoms with Crippen LogP contribution in [0.1, 0.15) is 12.8 Å². The van der Waals surface area contributed by atoms with Crippen LogP contribution in [-0.2, 0) is 0 Å². The van der Waals surface area contributed by atoms with Gasteiger partial charge in [-0.05, 0) is 54.4 Å². The lowest BCUT2D eigenvalue weighted by Crippen LogP contribution is -2.47. The number of nitrogens with one attached hydrogen (secondary N) is 1. The quantitative estimate of drug-likeness (QED) is 0.448. The maximum atomic E-state index is 11.4. The molecule has 0 bridgehead atoms. The fourth-order valence-corrected chi connectivity index (χ4v) is 4.90. The van der Waals surface area contributed by atoms with E-state index in [9.17, 15) is 4.79 Å². The summed E-state index contributed by atoms with van der Waals surface area (Å²) >= 11 is 1.77. The minimum Gasteiger partial charge on any atom is -0.478 e. The SMILES string of the molecule is O=c1ccc2ccc(OCCCCN3CCN(c4nccc5ccsc45)CC3)nc2[nH]1. The van der Waals surface area contributed by atoms with E-state index in [0.717, 1.165) is 56.8 Å². The number of aromatic nitrogens is 3. The highest BCUT2D eigenvalue weighted by atomic mass is 32.1. The summed E-state index contributed by atoms with van der Waals surface area (Å²) in [4.78, 5) is 28.1. The molecule has 0 aromatic carbocycles. The summed E-state index contributed by atoms with van der Waals surface area (Å²) in [5.41, 5.74) is 0.413. The average molecular weight is 436 g/mol. The topological polar surface area (TPSA) is 74.3 Å². The van der Waals surface area contributed by atoms with Gasteiger partial charge in [0.1, 0.15) is 11.5 Å². The van der Waals surface area contributed by atoms with Crippen LogP contribution in [0.4, 0.5) is 5.82 Å². The van der Waals surface area contributed by atoms with E-state index in [2.05, 4.69) is 42.3 Å². The normalized spacial score (nSPS) is 15.0. The summed E-state index contributed by atoms with van der Waals surface area (Å²) in [6.07, 6.45) is 3.98. The highest BCUT2D eigenvalue weighted by Crippen LogP contribution is 2.29. The number of piperazine rings is 1. The van der Waals surface area contributed by atoms with Crippen LogP contribution in [0.5, 0.6) is 5.88 Å². The molecule has 1 saturated heterocycles. The van der Waals surface area contributed by atoms with Crippen LogP contribution in [0.25, 0.3) is 21.1 Å². The first-order chi connectivity index (χ1) is 15.3. The van der Waals surface area contributed by atoms with Crippen molar-refractivity contribution >= 4 is 38.3 Å². The van der Waals surface area contributed by atoms with Crippen molar-refractivity contribution in [1.82, 2.24) is 19.9 Å². The molecule has 0 spiro atoms. The number of nitrogens with zero attached hydrogens (tertiary/aromatic N) is 4. The smallest absolute Gasteiger partial charge is 0.249 e. The predicted octanol–water partition coefficient (Wildman–Crippen LogP) is 3.51. The van der Waals surface area contributed by atoms with Crippen LogP contribution >= 0.6 is 11.3 Å². The Hall–Kier alpha value is -2.97. The van der Waals surface area contributed by atoms with E-state index in [-0.39, 0.29) is 5.56 Å². The zero-order valence-electron chi connectivity index (χ0n) is 17.3. The van der Waals surface area contributed by atoms with Gasteiger partial charge < -0.3 is 14.6 Å². The number of thiophene rings is 1. The van der Waals surface area contributed by atoms with Gasteiger partial charge in [-0.15, -0.1) is 11.3 Å². The third kappa shape index (κ3) is 4.55. The number of unbranched alkanes of at least 4 members (excludes halogenated alkanes) is 1. The molecule has 1 N–H and O–H groups in total. The molecule has 4 aromatic heterocycles. The Labute approximate surface area is 184 Å². The van der Waals surface area contributed by atoms with E-state index < -0.39 is 0 Å². The van der Waals surface area contributed by atoms with E-state index >= 15 is 0 Å². The van der Waals surface area contributed by atoms with Crippen molar-refractivity contribution in [1.29, 1.82) is 0 Å². The lowest BCUT2D eigenvalue weighted by Gasteiger charge is -2.35. The largest absolute Gasteiger partial charge is 0.478 e. The van der Waals surface area contributed by atoms with Gasteiger partial charge in [-0.25, -0.2) is 4.98 Å². The van der Waals surface area contributed by atoms with Gasteiger partial charge in [0.2, 0.25) is 11.4 Å². The first-order valence-electron chi connectivity index (χ1n) is 10.7. The number of anilines is 1. The van der Waals surface area contributed by atoms with Crippen molar-refractivity contribution in [3.05, 3.63) is 58.3 Å². The standard InChI is InChI=1S/C23H25N5O2S/c29-19-5-3-18-4-6-20(26-22(18)25-19)30-15-2-1-10-27-11-13-28(14-12-27)23-21-17(7-9-24-23)8-16-31-21/h3-9,16H,1-2,10-15H2,(H,25,26,29). The fraction of sp³-hybridized carbons (Fsp3) is 0.348. The first kappa shape index (κ1) is 20.0. The summed E-state index contributed by atoms with van der Waals surface area (Å²) in [5.74, 6) is 1.68. The highest BCUT2D eigenvalue weighted by molar-refractivity contribution is 7.17. The Bertz CT molecular complexity index is 1230. The molecule has 0 aliphatic carbocycles. The predicted molar refractivity (Wildman–Crippen MR) is 125 cm³/mol. The Morgan fingerprint density at radius 1 is 1.00 bits per heavy atom. The van der Waals surface area contributed by atoms with E-state index in [1.165, 1.54) is 16.2 Å². The maximum Gasteiger partial charge on any atom is 0.249 e. The Kier molecular flexibility index (Phi) is 5.82. The molecule has 4 aromatic rings. The zero-order chi connectivity index (χ0) is 21.0. The number of ether oxygens (including phenoxy) is 1. The number of hydrogen-bond acceptors (Lipinski definition) is 7. The van der Waals surface area contributed by atoms with Crippen LogP contribution in [0.2, 0.25) is 0 Å². The molecule has 160 valence electrons. The van der Waals surface area contributed by atoms with Crippen LogP contribution in [-0.4, -0.2) is 59.2 Å². The number of fused-ring (bicyclic) bond motifs is 2. The van der Waals surface area contributed by atoms with Gasteiger partial charge in [0.25, 0.3) is 0 Å². The van der Waals surface area contributed by atoms with Crippen molar-refractivity contribution in [2.45, 2.75) is 12.8 Å². The second kappa shape index (κ2) is 9.03. The molecule has 1 aliphatic heterocycles. The fourth-order valence-electron chi connectivity index (χ4n) is 3.99. The highest BCUT2D eigenvalue weighted by Gasteiger charge is 2.19. The van der Waals surface area contributed by atoms with Crippen molar-refractivity contribution < 1.29 is 4.74 Å². The zero-order valence-corrected chi connectivity index (χ0v) is 18.1. The molecule has 5 heterocycles. The molecular formula is C23H25N5O2S. The monoisotopic (exact) mass is 435 g/mol. The van der Waals surface area contributed by atoms with Crippen LogP contribution < -0.4 is 15.2 Å². The summed E-state index contributed by atoms with van der Waals surface area (Å²) in [7, 11) is 0. The Balaban J connectivity index is 1.05. The van der Waals surface area contributed by atoms with Gasteiger partial charge in [0.15, 0.2) is 0 Å². The molecule has 0 atom stereocenters. The second-order valence-electron chi connectivity index (χ2n) is 7.77. The molecule has 1 aliphatic rings. The number of rotatable bonds is 7. The van der Waals surface area contributed by atoms with Gasteiger partial charge in [0, 0.05) is 49.9 Å². The van der Waals surface area contributed by atoms with Crippen molar-refractivity contribution in [3.8, 4) is 5.88 Å². The third-order valence-electron chi connectivity index (χ3n) is 5.70. The lowest BCUT2D eigenvalue weighted by molar-refractivity contribution is 0.236. The third-order valence-corrected chi connectivity index (χ3v) is 6.62. The van der Waals surface area contributed by atoms with Gasteiger partial charge in [-0.1, -0.05) is 0 Å². The average Bonchev–Trinajstić information content (AvgIpc) is 3.28. The van der Waals surface area contributed by atoms with Crippen molar-refractivity contribution in [3.63, 3.8) is 0 Å².